The Morgan fingerprint density at radius 1 is 1.18 bits per heavy atom. The van der Waals surface area contributed by atoms with Gasteiger partial charge in [-0.25, -0.2) is 8.78 Å². The molecule has 7 heteroatoms. The topological polar surface area (TPSA) is 51.2 Å². The van der Waals surface area contributed by atoms with E-state index in [2.05, 4.69) is 10.3 Å². The Hall–Kier alpha value is -2.99. The predicted molar refractivity (Wildman–Crippen MR) is 101 cm³/mol. The quantitative estimate of drug-likeness (QED) is 0.705. The third-order valence-corrected chi connectivity index (χ3v) is 4.81. The van der Waals surface area contributed by atoms with E-state index < -0.39 is 23.6 Å². The first kappa shape index (κ1) is 18.4. The number of fused-ring (bicyclic) bond motifs is 1. The molecule has 4 nitrogen and oxygen atoms in total. The normalized spacial score (nSPS) is 15.0. The van der Waals surface area contributed by atoms with Gasteiger partial charge in [0.1, 0.15) is 11.9 Å². The molecule has 2 heterocycles. The standard InChI is InChI=1S/C21H15ClF2N2O2/c22-17-8-12(3-4-18(17)23)21(27)26-11-16-7-15-6-14(9-19(24)20(15)28-16)13-2-1-5-25-10-13/h1-6,8-10,16H,7,11H2,(H,26,27). The lowest BCUT2D eigenvalue weighted by Gasteiger charge is -2.12. The molecule has 0 fully saturated rings. The molecule has 142 valence electrons. The van der Waals surface area contributed by atoms with Crippen molar-refractivity contribution in [2.75, 3.05) is 6.54 Å². The first-order chi connectivity index (χ1) is 13.5. The number of carbonyl (C=O) groups is 1. The van der Waals surface area contributed by atoms with Crippen LogP contribution in [-0.2, 0) is 6.42 Å². The number of aromatic nitrogens is 1. The molecule has 0 saturated heterocycles. The second-order valence-corrected chi connectivity index (χ2v) is 6.88. The summed E-state index contributed by atoms with van der Waals surface area (Å²) in [7, 11) is 0. The number of ether oxygens (including phenoxy) is 1. The monoisotopic (exact) mass is 400 g/mol. The number of nitrogens with one attached hydrogen (secondary N) is 1. The summed E-state index contributed by atoms with van der Waals surface area (Å²) in [5.74, 6) is -1.24. The zero-order chi connectivity index (χ0) is 19.7. The average molecular weight is 401 g/mol. The Morgan fingerprint density at radius 2 is 2.04 bits per heavy atom. The van der Waals surface area contributed by atoms with Crippen molar-refractivity contribution in [3.05, 3.63) is 82.6 Å². The summed E-state index contributed by atoms with van der Waals surface area (Å²) in [6.07, 6.45) is 3.39. The van der Waals surface area contributed by atoms with Gasteiger partial charge >= 0.3 is 0 Å². The molecule has 1 unspecified atom stereocenters. The van der Waals surface area contributed by atoms with Crippen LogP contribution in [0.25, 0.3) is 11.1 Å². The van der Waals surface area contributed by atoms with Crippen LogP contribution in [0.1, 0.15) is 15.9 Å². The second kappa shape index (κ2) is 7.56. The molecule has 4 rings (SSSR count). The molecule has 28 heavy (non-hydrogen) atoms. The van der Waals surface area contributed by atoms with Crippen LogP contribution in [0.3, 0.4) is 0 Å². The van der Waals surface area contributed by atoms with Crippen LogP contribution in [-0.4, -0.2) is 23.5 Å². The zero-order valence-corrected chi connectivity index (χ0v) is 15.3. The van der Waals surface area contributed by atoms with E-state index in [9.17, 15) is 13.6 Å². The molecular weight excluding hydrogens is 386 g/mol. The third kappa shape index (κ3) is 3.68. The molecule has 0 spiro atoms. The Balaban J connectivity index is 1.44. The number of amides is 1. The fraction of sp³-hybridized carbons (Fsp3) is 0.143. The maximum Gasteiger partial charge on any atom is 0.251 e. The number of benzene rings is 2. The summed E-state index contributed by atoms with van der Waals surface area (Å²) < 4.78 is 33.4. The Bertz CT molecular complexity index is 1040. The SMILES string of the molecule is O=C(NCC1Cc2cc(-c3cccnc3)cc(F)c2O1)c1ccc(F)c(Cl)c1. The molecule has 1 aliphatic rings. The highest BCUT2D eigenvalue weighted by Gasteiger charge is 2.27. The summed E-state index contributed by atoms with van der Waals surface area (Å²) in [5.41, 5.74) is 2.52. The first-order valence-electron chi connectivity index (χ1n) is 8.64. The third-order valence-electron chi connectivity index (χ3n) is 4.52. The van der Waals surface area contributed by atoms with Crippen molar-refractivity contribution >= 4 is 17.5 Å². The molecule has 0 aliphatic carbocycles. The van der Waals surface area contributed by atoms with Gasteiger partial charge in [0.25, 0.3) is 5.91 Å². The molecular formula is C21H15ClF2N2O2. The van der Waals surface area contributed by atoms with E-state index >= 15 is 0 Å². The summed E-state index contributed by atoms with van der Waals surface area (Å²) in [4.78, 5) is 16.3. The van der Waals surface area contributed by atoms with E-state index in [1.165, 1.54) is 18.2 Å². The van der Waals surface area contributed by atoms with Gasteiger partial charge in [0.05, 0.1) is 11.6 Å². The molecule has 1 N–H and O–H groups in total. The van der Waals surface area contributed by atoms with Gasteiger partial charge in [0.15, 0.2) is 11.6 Å². The molecule has 1 aromatic heterocycles. The van der Waals surface area contributed by atoms with Crippen LogP contribution in [0, 0.1) is 11.6 Å². The number of hydrogen-bond donors (Lipinski definition) is 1. The molecule has 0 saturated carbocycles. The summed E-state index contributed by atoms with van der Waals surface area (Å²) >= 11 is 5.70. The first-order valence-corrected chi connectivity index (χ1v) is 9.02. The van der Waals surface area contributed by atoms with Gasteiger partial charge in [-0.3, -0.25) is 9.78 Å². The van der Waals surface area contributed by atoms with Crippen molar-refractivity contribution in [1.82, 2.24) is 10.3 Å². The van der Waals surface area contributed by atoms with E-state index in [1.54, 1.807) is 18.5 Å². The predicted octanol–water partition coefficient (Wildman–Crippen LogP) is 4.41. The lowest BCUT2D eigenvalue weighted by Crippen LogP contribution is -2.34. The highest BCUT2D eigenvalue weighted by molar-refractivity contribution is 6.31. The van der Waals surface area contributed by atoms with Gasteiger partial charge in [0.2, 0.25) is 0 Å². The van der Waals surface area contributed by atoms with Gasteiger partial charge in [-0.05, 0) is 42.0 Å². The summed E-state index contributed by atoms with van der Waals surface area (Å²) in [6.45, 7) is 0.185. The van der Waals surface area contributed by atoms with Crippen LogP contribution in [0.5, 0.6) is 5.75 Å². The number of hydrogen-bond acceptors (Lipinski definition) is 3. The molecule has 2 aromatic carbocycles. The van der Waals surface area contributed by atoms with Crippen LogP contribution in [0.2, 0.25) is 5.02 Å². The molecule has 0 bridgehead atoms. The molecule has 1 atom stereocenters. The highest BCUT2D eigenvalue weighted by atomic mass is 35.5. The summed E-state index contributed by atoms with van der Waals surface area (Å²) in [6, 6.07) is 10.7. The minimum atomic E-state index is -0.590. The Labute approximate surface area is 165 Å². The minimum Gasteiger partial charge on any atom is -0.485 e. The summed E-state index contributed by atoms with van der Waals surface area (Å²) in [5, 5.41) is 2.59. The minimum absolute atomic E-state index is 0.123. The van der Waals surface area contributed by atoms with E-state index in [-0.39, 0.29) is 22.9 Å². The largest absolute Gasteiger partial charge is 0.485 e. The van der Waals surface area contributed by atoms with Gasteiger partial charge in [-0.15, -0.1) is 0 Å². The Kier molecular flexibility index (Phi) is 4.96. The van der Waals surface area contributed by atoms with Crippen molar-refractivity contribution in [1.29, 1.82) is 0 Å². The fourth-order valence-corrected chi connectivity index (χ4v) is 3.33. The number of nitrogens with zero attached hydrogens (tertiary/aromatic N) is 1. The van der Waals surface area contributed by atoms with Crippen LogP contribution in [0.15, 0.2) is 54.9 Å². The number of pyridine rings is 1. The van der Waals surface area contributed by atoms with E-state index in [4.69, 9.17) is 16.3 Å². The van der Waals surface area contributed by atoms with Crippen molar-refractivity contribution in [2.24, 2.45) is 0 Å². The van der Waals surface area contributed by atoms with Crippen molar-refractivity contribution in [3.8, 4) is 16.9 Å². The number of rotatable bonds is 4. The average Bonchev–Trinajstić information content (AvgIpc) is 3.12. The maximum absolute atomic E-state index is 14.5. The van der Waals surface area contributed by atoms with Crippen molar-refractivity contribution in [2.45, 2.75) is 12.5 Å². The van der Waals surface area contributed by atoms with Crippen molar-refractivity contribution in [3.63, 3.8) is 0 Å². The lowest BCUT2D eigenvalue weighted by atomic mass is 10.0. The highest BCUT2D eigenvalue weighted by Crippen LogP contribution is 2.35. The number of carbonyl (C=O) groups excluding carboxylic acids is 1. The second-order valence-electron chi connectivity index (χ2n) is 6.47. The van der Waals surface area contributed by atoms with Gasteiger partial charge in [-0.2, -0.15) is 0 Å². The van der Waals surface area contributed by atoms with Crippen LogP contribution >= 0.6 is 11.6 Å². The maximum atomic E-state index is 14.5. The fourth-order valence-electron chi connectivity index (χ4n) is 3.15. The molecule has 1 amide bonds. The Morgan fingerprint density at radius 3 is 2.79 bits per heavy atom. The smallest absolute Gasteiger partial charge is 0.251 e. The van der Waals surface area contributed by atoms with E-state index in [0.29, 0.717) is 6.42 Å². The molecule has 0 radical (unpaired) electrons. The zero-order valence-electron chi connectivity index (χ0n) is 14.6. The molecule has 3 aromatic rings. The number of halogens is 3. The lowest BCUT2D eigenvalue weighted by molar-refractivity contribution is 0.0933. The molecule has 1 aliphatic heterocycles. The van der Waals surface area contributed by atoms with Crippen LogP contribution in [0.4, 0.5) is 8.78 Å². The van der Waals surface area contributed by atoms with Gasteiger partial charge in [-0.1, -0.05) is 17.7 Å². The van der Waals surface area contributed by atoms with Gasteiger partial charge < -0.3 is 10.1 Å². The van der Waals surface area contributed by atoms with Crippen molar-refractivity contribution < 1.29 is 18.3 Å². The van der Waals surface area contributed by atoms with E-state index in [1.807, 2.05) is 12.1 Å². The van der Waals surface area contributed by atoms with Crippen LogP contribution < -0.4 is 10.1 Å². The van der Waals surface area contributed by atoms with Gasteiger partial charge in [0, 0.05) is 35.5 Å². The van der Waals surface area contributed by atoms with E-state index in [0.717, 1.165) is 22.8 Å².